The number of aryl methyl sites for hydroxylation is 1. The van der Waals surface area contributed by atoms with E-state index in [4.69, 9.17) is 4.74 Å². The zero-order valence-corrected chi connectivity index (χ0v) is 12.4. The molecule has 0 aliphatic rings. The molecule has 0 saturated carbocycles. The molecule has 2 nitrogen and oxygen atoms in total. The van der Waals surface area contributed by atoms with Crippen molar-refractivity contribution in [2.24, 2.45) is 0 Å². The Morgan fingerprint density at radius 3 is 2.68 bits per heavy atom. The maximum absolute atomic E-state index is 5.40. The van der Waals surface area contributed by atoms with E-state index in [-0.39, 0.29) is 0 Å². The van der Waals surface area contributed by atoms with Crippen LogP contribution in [0.4, 0.5) is 0 Å². The van der Waals surface area contributed by atoms with Gasteiger partial charge < -0.3 is 10.1 Å². The van der Waals surface area contributed by atoms with Crippen molar-refractivity contribution >= 4 is 11.3 Å². The third-order valence-corrected chi connectivity index (χ3v) is 4.36. The first-order chi connectivity index (χ1) is 9.35. The summed E-state index contributed by atoms with van der Waals surface area (Å²) in [6, 6.07) is 13.1. The van der Waals surface area contributed by atoms with Gasteiger partial charge >= 0.3 is 0 Å². The Morgan fingerprint density at radius 2 is 2.00 bits per heavy atom. The molecule has 2 rings (SSSR count). The van der Waals surface area contributed by atoms with E-state index in [1.54, 1.807) is 18.4 Å². The standard InChI is InChI=1S/C16H21NOS/c1-17-14(16-15(18-2)11-12-19-16)10-6-9-13-7-4-3-5-8-13/h3-5,7-8,11-12,14,17H,6,9-10H2,1-2H3. The number of methoxy groups -OCH3 is 1. The zero-order chi connectivity index (χ0) is 13.5. The second kappa shape index (κ2) is 7.31. The Kier molecular flexibility index (Phi) is 5.43. The van der Waals surface area contributed by atoms with Gasteiger partial charge in [-0.15, -0.1) is 11.3 Å². The van der Waals surface area contributed by atoms with Gasteiger partial charge in [0.15, 0.2) is 0 Å². The number of thiophene rings is 1. The Balaban J connectivity index is 1.90. The van der Waals surface area contributed by atoms with Gasteiger partial charge in [0, 0.05) is 6.04 Å². The number of nitrogens with one attached hydrogen (secondary N) is 1. The summed E-state index contributed by atoms with van der Waals surface area (Å²) in [5.41, 5.74) is 1.41. The maximum Gasteiger partial charge on any atom is 0.134 e. The van der Waals surface area contributed by atoms with E-state index < -0.39 is 0 Å². The second-order valence-electron chi connectivity index (χ2n) is 4.57. The lowest BCUT2D eigenvalue weighted by Crippen LogP contribution is -2.16. The Hall–Kier alpha value is -1.32. The van der Waals surface area contributed by atoms with Crippen LogP contribution in [0.15, 0.2) is 41.8 Å². The maximum atomic E-state index is 5.40. The smallest absolute Gasteiger partial charge is 0.134 e. The molecule has 102 valence electrons. The van der Waals surface area contributed by atoms with E-state index in [1.807, 2.05) is 13.1 Å². The lowest BCUT2D eigenvalue weighted by molar-refractivity contribution is 0.402. The summed E-state index contributed by atoms with van der Waals surface area (Å²) in [5, 5.41) is 5.49. The fourth-order valence-electron chi connectivity index (χ4n) is 2.29. The summed E-state index contributed by atoms with van der Waals surface area (Å²) < 4.78 is 5.40. The van der Waals surface area contributed by atoms with Crippen LogP contribution in [-0.2, 0) is 6.42 Å². The van der Waals surface area contributed by atoms with Crippen molar-refractivity contribution in [3.63, 3.8) is 0 Å². The number of hydrogen-bond acceptors (Lipinski definition) is 3. The van der Waals surface area contributed by atoms with Crippen LogP contribution in [0.5, 0.6) is 5.75 Å². The minimum atomic E-state index is 0.388. The highest BCUT2D eigenvalue weighted by Crippen LogP contribution is 2.33. The Labute approximate surface area is 119 Å². The van der Waals surface area contributed by atoms with Gasteiger partial charge in [0.25, 0.3) is 0 Å². The number of benzene rings is 1. The van der Waals surface area contributed by atoms with Gasteiger partial charge in [-0.1, -0.05) is 30.3 Å². The van der Waals surface area contributed by atoms with Crippen molar-refractivity contribution in [2.45, 2.75) is 25.3 Å². The van der Waals surface area contributed by atoms with Crippen LogP contribution in [0.3, 0.4) is 0 Å². The van der Waals surface area contributed by atoms with Gasteiger partial charge in [0.1, 0.15) is 5.75 Å². The molecule has 0 aliphatic heterocycles. The first-order valence-electron chi connectivity index (χ1n) is 6.67. The van der Waals surface area contributed by atoms with Crippen molar-refractivity contribution < 1.29 is 4.74 Å². The summed E-state index contributed by atoms with van der Waals surface area (Å²) in [4.78, 5) is 1.30. The molecule has 0 saturated heterocycles. The van der Waals surface area contributed by atoms with E-state index in [0.29, 0.717) is 6.04 Å². The molecule has 2 aromatic rings. The molecule has 3 heteroatoms. The summed E-state index contributed by atoms with van der Waals surface area (Å²) in [6.07, 6.45) is 3.44. The number of rotatable bonds is 7. The number of ether oxygens (including phenoxy) is 1. The van der Waals surface area contributed by atoms with Gasteiger partial charge in [0.2, 0.25) is 0 Å². The molecule has 1 aromatic carbocycles. The summed E-state index contributed by atoms with van der Waals surface area (Å²) >= 11 is 1.77. The molecular weight excluding hydrogens is 254 g/mol. The van der Waals surface area contributed by atoms with Crippen molar-refractivity contribution in [3.05, 3.63) is 52.2 Å². The fourth-order valence-corrected chi connectivity index (χ4v) is 3.30. The monoisotopic (exact) mass is 275 g/mol. The highest BCUT2D eigenvalue weighted by molar-refractivity contribution is 7.10. The quantitative estimate of drug-likeness (QED) is 0.823. The summed E-state index contributed by atoms with van der Waals surface area (Å²) in [7, 11) is 3.76. The fraction of sp³-hybridized carbons (Fsp3) is 0.375. The van der Waals surface area contributed by atoms with E-state index in [1.165, 1.54) is 16.9 Å². The predicted molar refractivity (Wildman–Crippen MR) is 82.1 cm³/mol. The summed E-state index contributed by atoms with van der Waals surface area (Å²) in [5.74, 6) is 1.00. The average molecular weight is 275 g/mol. The van der Waals surface area contributed by atoms with E-state index >= 15 is 0 Å². The molecule has 1 heterocycles. The van der Waals surface area contributed by atoms with Gasteiger partial charge in [0.05, 0.1) is 12.0 Å². The van der Waals surface area contributed by atoms with E-state index in [9.17, 15) is 0 Å². The minimum absolute atomic E-state index is 0.388. The normalized spacial score (nSPS) is 12.3. The molecule has 0 radical (unpaired) electrons. The predicted octanol–water partition coefficient (Wildman–Crippen LogP) is 4.04. The van der Waals surface area contributed by atoms with Crippen LogP contribution in [-0.4, -0.2) is 14.2 Å². The van der Waals surface area contributed by atoms with Crippen LogP contribution in [0, 0.1) is 0 Å². The van der Waals surface area contributed by atoms with Gasteiger partial charge in [-0.2, -0.15) is 0 Å². The highest BCUT2D eigenvalue weighted by atomic mass is 32.1. The van der Waals surface area contributed by atoms with Gasteiger partial charge in [-0.3, -0.25) is 0 Å². The lowest BCUT2D eigenvalue weighted by atomic mass is 10.0. The molecule has 1 atom stereocenters. The van der Waals surface area contributed by atoms with Crippen LogP contribution in [0.2, 0.25) is 0 Å². The zero-order valence-electron chi connectivity index (χ0n) is 11.6. The third-order valence-electron chi connectivity index (χ3n) is 3.34. The molecule has 0 amide bonds. The van der Waals surface area contributed by atoms with Crippen LogP contribution < -0.4 is 10.1 Å². The molecule has 1 N–H and O–H groups in total. The molecule has 0 bridgehead atoms. The number of hydrogen-bond donors (Lipinski definition) is 1. The SMILES string of the molecule is CNC(CCCc1ccccc1)c1sccc1OC. The van der Waals surface area contributed by atoms with Crippen molar-refractivity contribution in [3.8, 4) is 5.75 Å². The molecule has 0 fully saturated rings. The molecule has 1 unspecified atom stereocenters. The van der Waals surface area contributed by atoms with E-state index in [0.717, 1.165) is 18.6 Å². The second-order valence-corrected chi connectivity index (χ2v) is 5.52. The van der Waals surface area contributed by atoms with Gasteiger partial charge in [-0.05, 0) is 43.3 Å². The van der Waals surface area contributed by atoms with Crippen LogP contribution in [0.1, 0.15) is 29.3 Å². The van der Waals surface area contributed by atoms with Crippen LogP contribution >= 0.6 is 11.3 Å². The van der Waals surface area contributed by atoms with Crippen molar-refractivity contribution in [1.29, 1.82) is 0 Å². The highest BCUT2D eigenvalue weighted by Gasteiger charge is 2.15. The lowest BCUT2D eigenvalue weighted by Gasteiger charge is -2.16. The first-order valence-corrected chi connectivity index (χ1v) is 7.55. The molecule has 19 heavy (non-hydrogen) atoms. The topological polar surface area (TPSA) is 21.3 Å². The van der Waals surface area contributed by atoms with E-state index in [2.05, 4.69) is 41.0 Å². The molecule has 1 aromatic heterocycles. The van der Waals surface area contributed by atoms with Crippen molar-refractivity contribution in [2.75, 3.05) is 14.2 Å². The first kappa shape index (κ1) is 14.1. The minimum Gasteiger partial charge on any atom is -0.496 e. The molecule has 0 spiro atoms. The molecular formula is C16H21NOS. The Morgan fingerprint density at radius 1 is 1.21 bits per heavy atom. The Bertz CT molecular complexity index is 481. The third kappa shape index (κ3) is 3.82. The average Bonchev–Trinajstić information content (AvgIpc) is 2.93. The molecule has 0 aliphatic carbocycles. The summed E-state index contributed by atoms with van der Waals surface area (Å²) in [6.45, 7) is 0. The van der Waals surface area contributed by atoms with Crippen molar-refractivity contribution in [1.82, 2.24) is 5.32 Å². The largest absolute Gasteiger partial charge is 0.496 e. The van der Waals surface area contributed by atoms with Crippen LogP contribution in [0.25, 0.3) is 0 Å². The van der Waals surface area contributed by atoms with Gasteiger partial charge in [-0.25, -0.2) is 0 Å².